The van der Waals surface area contributed by atoms with Gasteiger partial charge in [-0.25, -0.2) is 0 Å². The summed E-state index contributed by atoms with van der Waals surface area (Å²) in [6.07, 6.45) is 2.82. The molecule has 0 aliphatic rings. The maximum atomic E-state index is 12.5. The Morgan fingerprint density at radius 3 is 2.31 bits per heavy atom. The zero-order valence-corrected chi connectivity index (χ0v) is 22.4. The summed E-state index contributed by atoms with van der Waals surface area (Å²) in [4.78, 5) is 24.8. The van der Waals surface area contributed by atoms with Gasteiger partial charge < -0.3 is 19.5 Å². The van der Waals surface area contributed by atoms with Crippen LogP contribution in [0.1, 0.15) is 16.3 Å². The molecule has 2 amide bonds. The van der Waals surface area contributed by atoms with Crippen molar-refractivity contribution in [2.24, 2.45) is 0 Å². The lowest BCUT2D eigenvalue weighted by molar-refractivity contribution is -0.115. The van der Waals surface area contributed by atoms with Crippen LogP contribution in [0.3, 0.4) is 0 Å². The third kappa shape index (κ3) is 6.56. The van der Waals surface area contributed by atoms with Gasteiger partial charge in [0.15, 0.2) is 10.9 Å². The summed E-state index contributed by atoms with van der Waals surface area (Å²) >= 11 is 17.4. The van der Waals surface area contributed by atoms with Gasteiger partial charge in [0.1, 0.15) is 17.1 Å². The van der Waals surface area contributed by atoms with Crippen LogP contribution in [0.5, 0.6) is 0 Å². The van der Waals surface area contributed by atoms with Crippen molar-refractivity contribution in [1.82, 2.24) is 5.32 Å². The number of carbonyl (C=O) groups excluding carboxylic acids is 2. The standard InChI is InChI=1S/C29H19Cl2N3O4S/c30-18-5-12-22(23(31)16-18)25-13-10-21(37-25)11-14-27(35)34-29(39)33-20-8-6-19(7-9-20)32-28(36)26-15-17-3-1-2-4-24(17)38-26/h1-16H,(H,32,36)(H2,33,34,35,39)/b14-11+. The molecule has 2 aromatic heterocycles. The Morgan fingerprint density at radius 2 is 1.56 bits per heavy atom. The monoisotopic (exact) mass is 575 g/mol. The van der Waals surface area contributed by atoms with E-state index in [0.29, 0.717) is 44.1 Å². The molecule has 5 rings (SSSR count). The molecule has 5 aromatic rings. The van der Waals surface area contributed by atoms with E-state index < -0.39 is 5.91 Å². The van der Waals surface area contributed by atoms with Gasteiger partial charge in [0.05, 0.1) is 5.02 Å². The number of fused-ring (bicyclic) bond motifs is 1. The van der Waals surface area contributed by atoms with Crippen LogP contribution in [0, 0.1) is 0 Å². The fourth-order valence-corrected chi connectivity index (χ4v) is 4.39. The molecule has 0 unspecified atom stereocenters. The van der Waals surface area contributed by atoms with E-state index >= 15 is 0 Å². The highest BCUT2D eigenvalue weighted by atomic mass is 35.5. The highest BCUT2D eigenvalue weighted by Gasteiger charge is 2.13. The van der Waals surface area contributed by atoms with E-state index in [2.05, 4.69) is 16.0 Å². The van der Waals surface area contributed by atoms with Gasteiger partial charge in [-0.1, -0.05) is 41.4 Å². The first-order valence-electron chi connectivity index (χ1n) is 11.6. The Labute approximate surface area is 238 Å². The molecule has 0 radical (unpaired) electrons. The van der Waals surface area contributed by atoms with Crippen LogP contribution >= 0.6 is 35.4 Å². The number of hydrogen-bond donors (Lipinski definition) is 3. The zero-order chi connectivity index (χ0) is 27.4. The normalized spacial score (nSPS) is 11.0. The van der Waals surface area contributed by atoms with Gasteiger partial charge in [-0.2, -0.15) is 0 Å². The molecule has 39 heavy (non-hydrogen) atoms. The summed E-state index contributed by atoms with van der Waals surface area (Å²) < 4.78 is 11.3. The van der Waals surface area contributed by atoms with Crippen LogP contribution in [0.25, 0.3) is 28.4 Å². The minimum atomic E-state index is -0.440. The summed E-state index contributed by atoms with van der Waals surface area (Å²) in [7, 11) is 0. The fraction of sp³-hybridized carbons (Fsp3) is 0. The predicted octanol–water partition coefficient (Wildman–Crippen LogP) is 7.78. The molecular formula is C29H19Cl2N3O4S. The molecule has 0 bridgehead atoms. The number of para-hydroxylation sites is 1. The number of hydrogen-bond acceptors (Lipinski definition) is 5. The molecule has 0 atom stereocenters. The van der Waals surface area contributed by atoms with Crippen LogP contribution in [0.4, 0.5) is 11.4 Å². The average Bonchev–Trinajstić information content (AvgIpc) is 3.56. The molecule has 2 heterocycles. The van der Waals surface area contributed by atoms with Crippen LogP contribution < -0.4 is 16.0 Å². The van der Waals surface area contributed by atoms with Crippen molar-refractivity contribution in [3.05, 3.63) is 113 Å². The van der Waals surface area contributed by atoms with E-state index in [9.17, 15) is 9.59 Å². The Bertz CT molecular complexity index is 1690. The van der Waals surface area contributed by atoms with Crippen molar-refractivity contribution < 1.29 is 18.4 Å². The van der Waals surface area contributed by atoms with Gasteiger partial charge in [-0.05, 0) is 85.0 Å². The molecule has 10 heteroatoms. The topological polar surface area (TPSA) is 96.5 Å². The zero-order valence-electron chi connectivity index (χ0n) is 20.0. The third-order valence-corrected chi connectivity index (χ3v) is 6.26. The van der Waals surface area contributed by atoms with Crippen molar-refractivity contribution in [2.75, 3.05) is 10.6 Å². The maximum absolute atomic E-state index is 12.5. The number of halogens is 2. The first-order chi connectivity index (χ1) is 18.8. The molecular weight excluding hydrogens is 557 g/mol. The minimum absolute atomic E-state index is 0.108. The number of furan rings is 2. The second kappa shape index (κ2) is 11.6. The minimum Gasteiger partial charge on any atom is -0.457 e. The molecule has 7 nitrogen and oxygen atoms in total. The summed E-state index contributed by atoms with van der Waals surface area (Å²) in [6, 6.07) is 24.5. The largest absolute Gasteiger partial charge is 0.457 e. The van der Waals surface area contributed by atoms with Crippen LogP contribution in [0.15, 0.2) is 99.8 Å². The Morgan fingerprint density at radius 1 is 0.821 bits per heavy atom. The Hall–Kier alpha value is -4.37. The summed E-state index contributed by atoms with van der Waals surface area (Å²) in [5.74, 6) is 0.428. The lowest BCUT2D eigenvalue weighted by Crippen LogP contribution is -2.32. The molecule has 0 aliphatic heterocycles. The van der Waals surface area contributed by atoms with Gasteiger partial charge in [0, 0.05) is 33.4 Å². The number of rotatable bonds is 6. The number of thiocarbonyl (C=S) groups is 1. The van der Waals surface area contributed by atoms with E-state index in [4.69, 9.17) is 44.3 Å². The molecule has 0 spiro atoms. The maximum Gasteiger partial charge on any atom is 0.291 e. The van der Waals surface area contributed by atoms with E-state index in [-0.39, 0.29) is 16.8 Å². The van der Waals surface area contributed by atoms with Crippen molar-refractivity contribution in [2.45, 2.75) is 0 Å². The summed E-state index contributed by atoms with van der Waals surface area (Å²) in [6.45, 7) is 0. The molecule has 3 N–H and O–H groups in total. The molecule has 3 aromatic carbocycles. The van der Waals surface area contributed by atoms with Gasteiger partial charge in [0.25, 0.3) is 5.91 Å². The van der Waals surface area contributed by atoms with Crippen LogP contribution in [0.2, 0.25) is 10.0 Å². The molecule has 194 valence electrons. The molecule has 0 saturated carbocycles. The van der Waals surface area contributed by atoms with Gasteiger partial charge >= 0.3 is 0 Å². The Kier molecular flexibility index (Phi) is 7.79. The number of anilines is 2. The highest BCUT2D eigenvalue weighted by molar-refractivity contribution is 7.80. The number of benzene rings is 3. The number of amides is 2. The van der Waals surface area contributed by atoms with E-state index in [0.717, 1.165) is 5.39 Å². The SMILES string of the molecule is O=C(/C=C/c1ccc(-c2ccc(Cl)cc2Cl)o1)NC(=S)Nc1ccc(NC(=O)c2cc3ccccc3o2)cc1. The van der Waals surface area contributed by atoms with E-state index in [1.165, 1.54) is 12.2 Å². The first kappa shape index (κ1) is 26.2. The van der Waals surface area contributed by atoms with Gasteiger partial charge in [0.2, 0.25) is 5.91 Å². The summed E-state index contributed by atoms with van der Waals surface area (Å²) in [5, 5.41) is 10.2. The van der Waals surface area contributed by atoms with E-state index in [1.807, 2.05) is 18.2 Å². The van der Waals surface area contributed by atoms with Crippen molar-refractivity contribution in [1.29, 1.82) is 0 Å². The molecule has 0 saturated heterocycles. The van der Waals surface area contributed by atoms with Gasteiger partial charge in [-0.3, -0.25) is 14.9 Å². The second-order valence-electron chi connectivity index (χ2n) is 8.28. The second-order valence-corrected chi connectivity index (χ2v) is 9.53. The third-order valence-electron chi connectivity index (χ3n) is 5.51. The van der Waals surface area contributed by atoms with Gasteiger partial charge in [-0.15, -0.1) is 0 Å². The van der Waals surface area contributed by atoms with Crippen molar-refractivity contribution >= 4 is 80.8 Å². The van der Waals surface area contributed by atoms with Crippen molar-refractivity contribution in [3.63, 3.8) is 0 Å². The highest BCUT2D eigenvalue weighted by Crippen LogP contribution is 2.31. The summed E-state index contributed by atoms with van der Waals surface area (Å²) in [5.41, 5.74) is 2.53. The fourth-order valence-electron chi connectivity index (χ4n) is 3.67. The number of nitrogens with one attached hydrogen (secondary N) is 3. The lowest BCUT2D eigenvalue weighted by Gasteiger charge is -2.09. The quantitative estimate of drug-likeness (QED) is 0.141. The smallest absolute Gasteiger partial charge is 0.291 e. The number of carbonyl (C=O) groups is 2. The Balaban J connectivity index is 1.12. The lowest BCUT2D eigenvalue weighted by atomic mass is 10.2. The molecule has 0 aliphatic carbocycles. The molecule has 0 fully saturated rings. The first-order valence-corrected chi connectivity index (χ1v) is 12.8. The average molecular weight is 576 g/mol. The van der Waals surface area contributed by atoms with E-state index in [1.54, 1.807) is 66.7 Å². The van der Waals surface area contributed by atoms with Crippen LogP contribution in [-0.4, -0.2) is 16.9 Å². The van der Waals surface area contributed by atoms with Crippen LogP contribution in [-0.2, 0) is 4.79 Å². The predicted molar refractivity (Wildman–Crippen MR) is 158 cm³/mol. The van der Waals surface area contributed by atoms with Crippen molar-refractivity contribution in [3.8, 4) is 11.3 Å².